The van der Waals surface area contributed by atoms with E-state index in [4.69, 9.17) is 23.2 Å². The Morgan fingerprint density at radius 2 is 1.85 bits per heavy atom. The molecule has 0 saturated heterocycles. The van der Waals surface area contributed by atoms with Crippen LogP contribution in [0.1, 0.15) is 13.8 Å². The summed E-state index contributed by atoms with van der Waals surface area (Å²) in [6.45, 7) is 5.99. The van der Waals surface area contributed by atoms with Crippen molar-refractivity contribution in [1.29, 1.82) is 0 Å². The van der Waals surface area contributed by atoms with E-state index >= 15 is 0 Å². The van der Waals surface area contributed by atoms with Crippen molar-refractivity contribution in [3.05, 3.63) is 40.5 Å². The van der Waals surface area contributed by atoms with Crippen molar-refractivity contribution >= 4 is 40.7 Å². The molecule has 2 rings (SSSR count). The van der Waals surface area contributed by atoms with Gasteiger partial charge in [-0.25, -0.2) is 4.98 Å². The number of hydrogen-bond acceptors (Lipinski definition) is 4. The lowest BCUT2D eigenvalue weighted by molar-refractivity contribution is 0.843. The van der Waals surface area contributed by atoms with E-state index in [9.17, 15) is 0 Å². The minimum atomic E-state index is 0.497. The smallest absolute Gasteiger partial charge is 0.229 e. The number of nitrogens with one attached hydrogen (secondary N) is 1. The molecule has 2 aromatic rings. The van der Waals surface area contributed by atoms with Gasteiger partial charge in [-0.3, -0.25) is 0 Å². The maximum Gasteiger partial charge on any atom is 0.229 e. The minimum Gasteiger partial charge on any atom is -0.357 e. The molecule has 0 aliphatic rings. The van der Waals surface area contributed by atoms with Crippen molar-refractivity contribution in [2.24, 2.45) is 0 Å². The molecular formula is C14H16Cl2N4. The molecule has 20 heavy (non-hydrogen) atoms. The van der Waals surface area contributed by atoms with E-state index in [2.05, 4.69) is 34.0 Å². The molecule has 0 unspecified atom stereocenters. The quantitative estimate of drug-likeness (QED) is 0.890. The van der Waals surface area contributed by atoms with Crippen LogP contribution in [-0.4, -0.2) is 23.1 Å². The molecule has 1 heterocycles. The zero-order valence-corrected chi connectivity index (χ0v) is 12.9. The third-order valence-electron chi connectivity index (χ3n) is 2.90. The molecule has 0 amide bonds. The Morgan fingerprint density at radius 1 is 1.10 bits per heavy atom. The van der Waals surface area contributed by atoms with E-state index < -0.39 is 0 Å². The Balaban J connectivity index is 2.21. The standard InChI is InChI=1S/C14H16Cl2N4/c1-3-20(4-2)13-7-8-17-14(19-13)18-10-5-6-11(15)12(16)9-10/h5-9H,3-4H2,1-2H3,(H,17,18,19). The lowest BCUT2D eigenvalue weighted by atomic mass is 10.3. The van der Waals surface area contributed by atoms with Gasteiger partial charge in [0.2, 0.25) is 5.95 Å². The third-order valence-corrected chi connectivity index (χ3v) is 3.64. The Labute approximate surface area is 128 Å². The lowest BCUT2D eigenvalue weighted by Gasteiger charge is -2.19. The molecule has 0 radical (unpaired) electrons. The molecule has 0 fully saturated rings. The summed E-state index contributed by atoms with van der Waals surface area (Å²) in [5.41, 5.74) is 0.802. The van der Waals surface area contributed by atoms with Crippen molar-refractivity contribution in [3.8, 4) is 0 Å². The molecule has 0 aliphatic heterocycles. The molecule has 1 aromatic carbocycles. The van der Waals surface area contributed by atoms with Gasteiger partial charge >= 0.3 is 0 Å². The summed E-state index contributed by atoms with van der Waals surface area (Å²) in [4.78, 5) is 10.9. The monoisotopic (exact) mass is 310 g/mol. The lowest BCUT2D eigenvalue weighted by Crippen LogP contribution is -2.23. The Morgan fingerprint density at radius 3 is 2.50 bits per heavy atom. The highest BCUT2D eigenvalue weighted by atomic mass is 35.5. The highest BCUT2D eigenvalue weighted by Crippen LogP contribution is 2.26. The Bertz CT molecular complexity index is 585. The molecule has 0 saturated carbocycles. The van der Waals surface area contributed by atoms with Crippen molar-refractivity contribution in [2.45, 2.75) is 13.8 Å². The fourth-order valence-corrected chi connectivity index (χ4v) is 2.13. The molecular weight excluding hydrogens is 295 g/mol. The summed E-state index contributed by atoms with van der Waals surface area (Å²) in [6, 6.07) is 7.21. The second-order valence-electron chi connectivity index (χ2n) is 4.16. The van der Waals surface area contributed by atoms with Gasteiger partial charge < -0.3 is 10.2 Å². The van der Waals surface area contributed by atoms with Gasteiger partial charge in [0.05, 0.1) is 10.0 Å². The van der Waals surface area contributed by atoms with Crippen molar-refractivity contribution in [3.63, 3.8) is 0 Å². The van der Waals surface area contributed by atoms with Gasteiger partial charge in [0, 0.05) is 25.0 Å². The average Bonchev–Trinajstić information content (AvgIpc) is 2.45. The van der Waals surface area contributed by atoms with Crippen LogP contribution in [0.3, 0.4) is 0 Å². The van der Waals surface area contributed by atoms with Crippen molar-refractivity contribution in [2.75, 3.05) is 23.3 Å². The molecule has 6 heteroatoms. The molecule has 0 atom stereocenters. The normalized spacial score (nSPS) is 10.4. The van der Waals surface area contributed by atoms with Gasteiger partial charge in [-0.15, -0.1) is 0 Å². The van der Waals surface area contributed by atoms with Crippen LogP contribution in [0.15, 0.2) is 30.5 Å². The zero-order valence-electron chi connectivity index (χ0n) is 11.4. The van der Waals surface area contributed by atoms with Gasteiger partial charge in [-0.05, 0) is 38.1 Å². The number of halogens is 2. The predicted octanol–water partition coefficient (Wildman–Crippen LogP) is 4.37. The molecule has 0 bridgehead atoms. The van der Waals surface area contributed by atoms with E-state index in [0.717, 1.165) is 24.6 Å². The number of aromatic nitrogens is 2. The summed E-state index contributed by atoms with van der Waals surface area (Å²) in [5, 5.41) is 4.14. The number of anilines is 3. The fourth-order valence-electron chi connectivity index (χ4n) is 1.84. The van der Waals surface area contributed by atoms with E-state index in [-0.39, 0.29) is 0 Å². The largest absolute Gasteiger partial charge is 0.357 e. The number of hydrogen-bond donors (Lipinski definition) is 1. The van der Waals surface area contributed by atoms with E-state index in [0.29, 0.717) is 16.0 Å². The maximum absolute atomic E-state index is 5.99. The Hall–Kier alpha value is -1.52. The molecule has 106 valence electrons. The van der Waals surface area contributed by atoms with Crippen LogP contribution in [0.25, 0.3) is 0 Å². The predicted molar refractivity (Wildman–Crippen MR) is 85.3 cm³/mol. The first kappa shape index (κ1) is 14.9. The summed E-state index contributed by atoms with van der Waals surface area (Å²) in [5.74, 6) is 1.43. The molecule has 1 aromatic heterocycles. The van der Waals surface area contributed by atoms with Crippen LogP contribution in [-0.2, 0) is 0 Å². The molecule has 0 aliphatic carbocycles. The fraction of sp³-hybridized carbons (Fsp3) is 0.286. The van der Waals surface area contributed by atoms with Gasteiger partial charge in [-0.2, -0.15) is 4.98 Å². The van der Waals surface area contributed by atoms with E-state index in [1.807, 2.05) is 12.1 Å². The van der Waals surface area contributed by atoms with Crippen LogP contribution in [0.5, 0.6) is 0 Å². The average molecular weight is 311 g/mol. The first-order valence-corrected chi connectivity index (χ1v) is 7.19. The second kappa shape index (κ2) is 6.77. The molecule has 4 nitrogen and oxygen atoms in total. The topological polar surface area (TPSA) is 41.1 Å². The maximum atomic E-state index is 5.99. The van der Waals surface area contributed by atoms with Crippen molar-refractivity contribution < 1.29 is 0 Å². The van der Waals surface area contributed by atoms with Gasteiger partial charge in [0.1, 0.15) is 5.82 Å². The second-order valence-corrected chi connectivity index (χ2v) is 4.98. The van der Waals surface area contributed by atoms with Crippen LogP contribution in [0.2, 0.25) is 10.0 Å². The summed E-state index contributed by atoms with van der Waals surface area (Å²) < 4.78 is 0. The zero-order chi connectivity index (χ0) is 14.5. The summed E-state index contributed by atoms with van der Waals surface area (Å²) in [6.07, 6.45) is 1.74. The SMILES string of the molecule is CCN(CC)c1ccnc(Nc2ccc(Cl)c(Cl)c2)n1. The third kappa shape index (κ3) is 3.52. The minimum absolute atomic E-state index is 0.497. The summed E-state index contributed by atoms with van der Waals surface area (Å²) >= 11 is 11.9. The van der Waals surface area contributed by atoms with E-state index in [1.54, 1.807) is 18.3 Å². The van der Waals surface area contributed by atoms with E-state index in [1.165, 1.54) is 0 Å². The summed E-state index contributed by atoms with van der Waals surface area (Å²) in [7, 11) is 0. The molecule has 1 N–H and O–H groups in total. The van der Waals surface area contributed by atoms with Crippen LogP contribution < -0.4 is 10.2 Å². The number of rotatable bonds is 5. The van der Waals surface area contributed by atoms with Gasteiger partial charge in [-0.1, -0.05) is 23.2 Å². The highest BCUT2D eigenvalue weighted by Gasteiger charge is 2.06. The van der Waals surface area contributed by atoms with Crippen LogP contribution >= 0.6 is 23.2 Å². The van der Waals surface area contributed by atoms with Crippen LogP contribution in [0, 0.1) is 0 Å². The Kier molecular flexibility index (Phi) is 5.04. The highest BCUT2D eigenvalue weighted by molar-refractivity contribution is 6.42. The molecule has 0 spiro atoms. The first-order chi connectivity index (χ1) is 9.63. The van der Waals surface area contributed by atoms with Crippen LogP contribution in [0.4, 0.5) is 17.5 Å². The number of benzene rings is 1. The van der Waals surface area contributed by atoms with Gasteiger partial charge in [0.25, 0.3) is 0 Å². The van der Waals surface area contributed by atoms with Gasteiger partial charge in [0.15, 0.2) is 0 Å². The first-order valence-electron chi connectivity index (χ1n) is 6.44. The number of nitrogens with zero attached hydrogens (tertiary/aromatic N) is 3. The van der Waals surface area contributed by atoms with Crippen molar-refractivity contribution in [1.82, 2.24) is 9.97 Å².